The van der Waals surface area contributed by atoms with Gasteiger partial charge in [0.05, 0.1) is 0 Å². The Labute approximate surface area is 127 Å². The molecule has 7 nitrogen and oxygen atoms in total. The van der Waals surface area contributed by atoms with E-state index in [1.54, 1.807) is 14.1 Å². The number of thioether (sulfide) groups is 1. The van der Waals surface area contributed by atoms with E-state index in [1.165, 1.54) is 16.7 Å². The number of rotatable bonds is 6. The van der Waals surface area contributed by atoms with Crippen LogP contribution >= 0.6 is 23.4 Å². The van der Waals surface area contributed by atoms with Gasteiger partial charge in [-0.1, -0.05) is 11.8 Å². The van der Waals surface area contributed by atoms with E-state index >= 15 is 0 Å². The zero-order valence-corrected chi connectivity index (χ0v) is 13.5. The third kappa shape index (κ3) is 6.25. The third-order valence-corrected chi connectivity index (χ3v) is 3.19. The molecule has 0 aliphatic heterocycles. The topological polar surface area (TPSA) is 83.0 Å². The number of carbonyl (C=O) groups excluding carboxylic acids is 1. The van der Waals surface area contributed by atoms with Crippen molar-refractivity contribution < 1.29 is 4.79 Å². The molecule has 0 unspecified atom stereocenters. The average Bonchev–Trinajstić information content (AvgIpc) is 2.32. The van der Waals surface area contributed by atoms with Gasteiger partial charge in [-0.2, -0.15) is 15.0 Å². The van der Waals surface area contributed by atoms with Crippen molar-refractivity contribution in [3.8, 4) is 0 Å². The van der Waals surface area contributed by atoms with Crippen LogP contribution in [-0.2, 0) is 0 Å². The van der Waals surface area contributed by atoms with Crippen LogP contribution in [0.5, 0.6) is 0 Å². The molecular formula is C11H19ClN6OS. The molecule has 1 heterocycles. The Bertz CT molecular complexity index is 457. The molecule has 0 atom stereocenters. The second kappa shape index (κ2) is 8.11. The van der Waals surface area contributed by atoms with Crippen LogP contribution in [0.25, 0.3) is 0 Å². The monoisotopic (exact) mass is 318 g/mol. The Balaban J connectivity index is 2.47. The van der Waals surface area contributed by atoms with Crippen LogP contribution in [0.4, 0.5) is 16.7 Å². The number of nitrogens with one attached hydrogen (secondary N) is 2. The Morgan fingerprint density at radius 3 is 2.55 bits per heavy atom. The number of halogens is 1. The van der Waals surface area contributed by atoms with E-state index in [9.17, 15) is 4.79 Å². The van der Waals surface area contributed by atoms with E-state index in [4.69, 9.17) is 11.6 Å². The van der Waals surface area contributed by atoms with Crippen molar-refractivity contribution in [1.29, 1.82) is 0 Å². The van der Waals surface area contributed by atoms with Crippen LogP contribution in [0.2, 0.25) is 5.28 Å². The average molecular weight is 319 g/mol. The molecule has 1 rings (SSSR count). The van der Waals surface area contributed by atoms with Crippen molar-refractivity contribution in [2.45, 2.75) is 19.9 Å². The summed E-state index contributed by atoms with van der Waals surface area (Å²) in [5.74, 6) is 1.44. The molecule has 0 bridgehead atoms. The molecule has 1 amide bonds. The first-order valence-corrected chi connectivity index (χ1v) is 7.51. The number of hydrogen-bond donors (Lipinski definition) is 2. The predicted molar refractivity (Wildman–Crippen MR) is 83.6 cm³/mol. The molecule has 0 saturated heterocycles. The van der Waals surface area contributed by atoms with E-state index in [0.29, 0.717) is 24.2 Å². The Morgan fingerprint density at radius 2 is 1.95 bits per heavy atom. The van der Waals surface area contributed by atoms with Crippen LogP contribution in [0.15, 0.2) is 0 Å². The minimum atomic E-state index is 0.0163. The van der Waals surface area contributed by atoms with Crippen LogP contribution < -0.4 is 10.6 Å². The van der Waals surface area contributed by atoms with Gasteiger partial charge >= 0.3 is 0 Å². The summed E-state index contributed by atoms with van der Waals surface area (Å²) in [6.45, 7) is 4.52. The van der Waals surface area contributed by atoms with Crippen LogP contribution in [-0.4, -0.2) is 57.5 Å². The van der Waals surface area contributed by atoms with E-state index < -0.39 is 0 Å². The van der Waals surface area contributed by atoms with Crippen LogP contribution in [0.3, 0.4) is 0 Å². The summed E-state index contributed by atoms with van der Waals surface area (Å²) < 4.78 is 0. The number of amides is 1. The quantitative estimate of drug-likeness (QED) is 0.778. The highest BCUT2D eigenvalue weighted by atomic mass is 35.5. The number of anilines is 2. The molecule has 0 radical (unpaired) electrons. The van der Waals surface area contributed by atoms with Gasteiger partial charge in [-0.25, -0.2) is 0 Å². The molecule has 0 aliphatic carbocycles. The van der Waals surface area contributed by atoms with Gasteiger partial charge in [-0.3, -0.25) is 4.79 Å². The van der Waals surface area contributed by atoms with Gasteiger partial charge < -0.3 is 15.5 Å². The number of aromatic nitrogens is 3. The van der Waals surface area contributed by atoms with Gasteiger partial charge in [0.2, 0.25) is 17.2 Å². The normalized spacial score (nSPS) is 10.5. The van der Waals surface area contributed by atoms with Crippen molar-refractivity contribution >= 4 is 40.5 Å². The maximum absolute atomic E-state index is 11.4. The van der Waals surface area contributed by atoms with Crippen molar-refractivity contribution in [3.63, 3.8) is 0 Å². The lowest BCUT2D eigenvalue weighted by atomic mass is 10.4. The molecular weight excluding hydrogens is 300 g/mol. The van der Waals surface area contributed by atoms with E-state index in [-0.39, 0.29) is 16.6 Å². The van der Waals surface area contributed by atoms with Gasteiger partial charge in [0.25, 0.3) is 5.24 Å². The predicted octanol–water partition coefficient (Wildman–Crippen LogP) is 2.17. The van der Waals surface area contributed by atoms with Gasteiger partial charge in [-0.05, 0) is 25.4 Å². The summed E-state index contributed by atoms with van der Waals surface area (Å²) in [7, 11) is 3.44. The molecule has 0 spiro atoms. The van der Waals surface area contributed by atoms with Gasteiger partial charge in [0.1, 0.15) is 0 Å². The maximum Gasteiger partial charge on any atom is 0.281 e. The first kappa shape index (κ1) is 16.8. The maximum atomic E-state index is 11.4. The standard InChI is InChI=1S/C11H19ClN6OS/c1-7(2)14-10-16-8(12)15-9(17-10)13-5-6-20-11(19)18(3)4/h7H,5-6H2,1-4H3,(H2,13,14,15,16,17). The molecule has 20 heavy (non-hydrogen) atoms. The summed E-state index contributed by atoms with van der Waals surface area (Å²) in [4.78, 5) is 25.1. The van der Waals surface area contributed by atoms with Crippen molar-refractivity contribution in [2.24, 2.45) is 0 Å². The van der Waals surface area contributed by atoms with Crippen molar-refractivity contribution in [3.05, 3.63) is 5.28 Å². The van der Waals surface area contributed by atoms with Crippen LogP contribution in [0.1, 0.15) is 13.8 Å². The van der Waals surface area contributed by atoms with E-state index in [0.717, 1.165) is 0 Å². The van der Waals surface area contributed by atoms with Crippen LogP contribution in [0, 0.1) is 0 Å². The highest BCUT2D eigenvalue weighted by Crippen LogP contribution is 2.11. The molecule has 9 heteroatoms. The lowest BCUT2D eigenvalue weighted by Gasteiger charge is -2.11. The smallest absolute Gasteiger partial charge is 0.281 e. The summed E-state index contributed by atoms with van der Waals surface area (Å²) in [6, 6.07) is 0.203. The molecule has 1 aromatic rings. The molecule has 0 aromatic carbocycles. The Morgan fingerprint density at radius 1 is 1.30 bits per heavy atom. The fourth-order valence-electron chi connectivity index (χ4n) is 1.18. The van der Waals surface area contributed by atoms with E-state index in [1.807, 2.05) is 13.8 Å². The zero-order valence-electron chi connectivity index (χ0n) is 12.0. The molecule has 2 N–H and O–H groups in total. The lowest BCUT2D eigenvalue weighted by Crippen LogP contribution is -2.19. The third-order valence-electron chi connectivity index (χ3n) is 2.00. The number of nitrogens with zero attached hydrogens (tertiary/aromatic N) is 4. The highest BCUT2D eigenvalue weighted by molar-refractivity contribution is 8.13. The lowest BCUT2D eigenvalue weighted by molar-refractivity contribution is 0.241. The largest absolute Gasteiger partial charge is 0.353 e. The molecule has 1 aromatic heterocycles. The molecule has 0 fully saturated rings. The molecule has 0 saturated carbocycles. The van der Waals surface area contributed by atoms with Gasteiger partial charge in [0, 0.05) is 32.4 Å². The second-order valence-electron chi connectivity index (χ2n) is 4.49. The minimum absolute atomic E-state index is 0.0163. The molecule has 0 aliphatic rings. The second-order valence-corrected chi connectivity index (χ2v) is 5.87. The first-order valence-electron chi connectivity index (χ1n) is 6.14. The summed E-state index contributed by atoms with van der Waals surface area (Å²) >= 11 is 7.06. The fourth-order valence-corrected chi connectivity index (χ4v) is 1.98. The number of carbonyl (C=O) groups is 1. The Hall–Kier alpha value is -1.28. The molecule has 112 valence electrons. The van der Waals surface area contributed by atoms with Crippen molar-refractivity contribution in [1.82, 2.24) is 19.9 Å². The zero-order chi connectivity index (χ0) is 15.1. The van der Waals surface area contributed by atoms with Crippen molar-refractivity contribution in [2.75, 3.05) is 37.0 Å². The minimum Gasteiger partial charge on any atom is -0.353 e. The number of hydrogen-bond acceptors (Lipinski definition) is 7. The Kier molecular flexibility index (Phi) is 6.80. The summed E-state index contributed by atoms with van der Waals surface area (Å²) in [6.07, 6.45) is 0. The van der Waals surface area contributed by atoms with E-state index in [2.05, 4.69) is 25.6 Å². The highest BCUT2D eigenvalue weighted by Gasteiger charge is 2.07. The summed E-state index contributed by atoms with van der Waals surface area (Å²) in [5.41, 5.74) is 0. The van der Waals surface area contributed by atoms with Gasteiger partial charge in [0.15, 0.2) is 0 Å². The summed E-state index contributed by atoms with van der Waals surface area (Å²) in [5, 5.41) is 6.22. The first-order chi connectivity index (χ1) is 9.38. The SMILES string of the molecule is CC(C)Nc1nc(Cl)nc(NCCSC(=O)N(C)C)n1. The fraction of sp³-hybridized carbons (Fsp3) is 0.636. The van der Waals surface area contributed by atoms with Gasteiger partial charge in [-0.15, -0.1) is 0 Å².